The second-order valence-corrected chi connectivity index (χ2v) is 23.0. The Bertz CT molecular complexity index is 2210. The standard InChI is InChI=1S/C80H123NO8/c1-6-8-10-12-14-16-18-20-22-24-26-28-30-32-34-36-37-38-39-40-41-43-45-47-49-51-53-55-57-59-61-63-65-67-69-71-78(83)89-76(75-88-80(79(84)85)86-73-72-81(3,4)5)74-87-77(82)70-68-66-64-62-60-58-56-54-52-50-48-46-44-42-35-33-31-29-27-25-23-21-19-17-15-13-11-9-7-2/h8-11,14-17,20-23,26-29,32-35,37-38,40-41,44-47,50-53,57,59,76,80H,6-7,12-13,18-19,24-25,30-31,36,39,42-43,48-49,54-56,58,60-75H2,1-5H3/b10-8-,11-9-,16-14-,17-15-,22-20-,23-21-,28-26-,29-27-,34-32-,35-33-,38-37-,41-40-,46-44-,47-45-,52-50-,53-51-,59-57-. The lowest BCUT2D eigenvalue weighted by Crippen LogP contribution is -2.44. The van der Waals surface area contributed by atoms with E-state index in [2.05, 4.69) is 220 Å². The number of ether oxygens (including phenoxy) is 4. The van der Waals surface area contributed by atoms with Crippen LogP contribution in [-0.4, -0.2) is 82.3 Å². The SMILES string of the molecule is CC/C=C\C/C=C\C/C=C\C/C=C\C/C=C\C/C=C\C/C=C\C/C=C\C/C=C\C/C=C\CCCCCCC(=O)OC(COC(=O)CCCCCCCCC/C=C\C/C=C\C/C=C\C/C=C\C/C=C\C/C=C\C/C=C\CC)COC(OCC[N+](C)(C)C)C(=O)[O-]. The molecule has 0 aliphatic carbocycles. The van der Waals surface area contributed by atoms with Crippen LogP contribution < -0.4 is 5.11 Å². The Morgan fingerprint density at radius 3 is 0.899 bits per heavy atom. The zero-order chi connectivity index (χ0) is 64.7. The largest absolute Gasteiger partial charge is 0.545 e. The topological polar surface area (TPSA) is 111 Å². The van der Waals surface area contributed by atoms with Crippen molar-refractivity contribution in [3.05, 3.63) is 207 Å². The van der Waals surface area contributed by atoms with Crippen LogP contribution in [0.2, 0.25) is 0 Å². The molecule has 0 aliphatic rings. The highest BCUT2D eigenvalue weighted by Gasteiger charge is 2.22. The second kappa shape index (κ2) is 67.8. The quantitative estimate of drug-likeness (QED) is 0.0195. The van der Waals surface area contributed by atoms with Crippen LogP contribution in [-0.2, 0) is 33.3 Å². The van der Waals surface area contributed by atoms with E-state index < -0.39 is 24.3 Å². The van der Waals surface area contributed by atoms with E-state index in [0.717, 1.165) is 161 Å². The zero-order valence-electron chi connectivity index (χ0n) is 56.5. The van der Waals surface area contributed by atoms with E-state index in [1.807, 2.05) is 21.1 Å². The van der Waals surface area contributed by atoms with Crippen LogP contribution in [0.5, 0.6) is 0 Å². The molecule has 0 spiro atoms. The fourth-order valence-electron chi connectivity index (χ4n) is 8.37. The first kappa shape index (κ1) is 82.9. The maximum atomic E-state index is 12.9. The Labute approximate surface area is 544 Å². The molecule has 9 heteroatoms. The van der Waals surface area contributed by atoms with Gasteiger partial charge < -0.3 is 33.3 Å². The van der Waals surface area contributed by atoms with Crippen LogP contribution in [0.15, 0.2) is 207 Å². The van der Waals surface area contributed by atoms with Crippen LogP contribution >= 0.6 is 0 Å². The van der Waals surface area contributed by atoms with Gasteiger partial charge in [-0.2, -0.15) is 0 Å². The van der Waals surface area contributed by atoms with Crippen molar-refractivity contribution >= 4 is 17.9 Å². The molecule has 0 aromatic carbocycles. The second-order valence-electron chi connectivity index (χ2n) is 23.0. The van der Waals surface area contributed by atoms with Crippen LogP contribution in [0.25, 0.3) is 0 Å². The molecular formula is C80H123NO8. The van der Waals surface area contributed by atoms with Gasteiger partial charge in [-0.1, -0.05) is 265 Å². The van der Waals surface area contributed by atoms with Crippen molar-refractivity contribution in [2.24, 2.45) is 0 Å². The summed E-state index contributed by atoms with van der Waals surface area (Å²) in [5.41, 5.74) is 0. The van der Waals surface area contributed by atoms with Crippen molar-refractivity contribution in [1.82, 2.24) is 0 Å². The summed E-state index contributed by atoms with van der Waals surface area (Å²) in [6, 6.07) is 0. The molecule has 0 bridgehead atoms. The predicted octanol–water partition coefficient (Wildman–Crippen LogP) is 20.2. The molecule has 0 saturated carbocycles. The number of carbonyl (C=O) groups excluding carboxylic acids is 3. The number of carbonyl (C=O) groups is 3. The summed E-state index contributed by atoms with van der Waals surface area (Å²) in [5, 5.41) is 11.8. The Hall–Kier alpha value is -6.13. The minimum absolute atomic E-state index is 0.128. The Kier molecular flexibility index (Phi) is 63.1. The highest BCUT2D eigenvalue weighted by Crippen LogP contribution is 2.13. The molecular weight excluding hydrogens is 1100 g/mol. The minimum Gasteiger partial charge on any atom is -0.545 e. The molecule has 0 aromatic rings. The van der Waals surface area contributed by atoms with Gasteiger partial charge in [-0.15, -0.1) is 0 Å². The molecule has 2 unspecified atom stereocenters. The third kappa shape index (κ3) is 69.2. The van der Waals surface area contributed by atoms with E-state index in [9.17, 15) is 19.5 Å². The molecule has 0 aromatic heterocycles. The maximum absolute atomic E-state index is 12.9. The molecule has 0 heterocycles. The van der Waals surface area contributed by atoms with E-state index in [0.29, 0.717) is 23.9 Å². The fraction of sp³-hybridized carbons (Fsp3) is 0.537. The van der Waals surface area contributed by atoms with Crippen LogP contribution in [0.3, 0.4) is 0 Å². The lowest BCUT2D eigenvalue weighted by Gasteiger charge is -2.26. The molecule has 0 N–H and O–H groups in total. The number of unbranched alkanes of at least 4 members (excludes halogenated alkanes) is 11. The first-order valence-corrected chi connectivity index (χ1v) is 34.2. The molecule has 0 aliphatic heterocycles. The number of carboxylic acid groups (broad SMARTS) is 1. The summed E-state index contributed by atoms with van der Waals surface area (Å²) < 4.78 is 22.7. The smallest absolute Gasteiger partial charge is 0.306 e. The third-order valence-electron chi connectivity index (χ3n) is 13.5. The van der Waals surface area contributed by atoms with Gasteiger partial charge in [0, 0.05) is 12.8 Å². The van der Waals surface area contributed by atoms with Gasteiger partial charge in [0.1, 0.15) is 13.2 Å². The lowest BCUT2D eigenvalue weighted by atomic mass is 10.1. The van der Waals surface area contributed by atoms with Gasteiger partial charge in [-0.05, 0) is 148 Å². The lowest BCUT2D eigenvalue weighted by molar-refractivity contribution is -0.870. The van der Waals surface area contributed by atoms with Gasteiger partial charge in [-0.3, -0.25) is 9.59 Å². The van der Waals surface area contributed by atoms with Crippen LogP contribution in [0, 0.1) is 0 Å². The molecule has 0 fully saturated rings. The summed E-state index contributed by atoms with van der Waals surface area (Å²) in [5.74, 6) is -2.36. The van der Waals surface area contributed by atoms with Gasteiger partial charge >= 0.3 is 11.9 Å². The Morgan fingerprint density at radius 2 is 0.607 bits per heavy atom. The molecule has 0 radical (unpaired) electrons. The molecule has 9 nitrogen and oxygen atoms in total. The van der Waals surface area contributed by atoms with E-state index in [1.54, 1.807) is 0 Å². The van der Waals surface area contributed by atoms with Crippen LogP contribution in [0.1, 0.15) is 219 Å². The van der Waals surface area contributed by atoms with Crippen molar-refractivity contribution in [2.45, 2.75) is 232 Å². The summed E-state index contributed by atoms with van der Waals surface area (Å²) in [7, 11) is 5.90. The van der Waals surface area contributed by atoms with Crippen LogP contribution in [0.4, 0.5) is 0 Å². The first-order valence-electron chi connectivity index (χ1n) is 34.2. The van der Waals surface area contributed by atoms with Crippen molar-refractivity contribution in [3.63, 3.8) is 0 Å². The predicted molar refractivity (Wildman–Crippen MR) is 379 cm³/mol. The van der Waals surface area contributed by atoms with Gasteiger partial charge in [0.2, 0.25) is 0 Å². The molecule has 0 rings (SSSR count). The normalized spacial score (nSPS) is 14.0. The molecule has 2 atom stereocenters. The number of hydrogen-bond donors (Lipinski definition) is 0. The Balaban J connectivity index is 4.32. The van der Waals surface area contributed by atoms with Crippen molar-refractivity contribution in [2.75, 3.05) is 47.5 Å². The summed E-state index contributed by atoms with van der Waals surface area (Å²) in [6.45, 7) is 4.44. The molecule has 89 heavy (non-hydrogen) atoms. The Morgan fingerprint density at radius 1 is 0.337 bits per heavy atom. The van der Waals surface area contributed by atoms with E-state index in [4.69, 9.17) is 18.9 Å². The van der Waals surface area contributed by atoms with Crippen molar-refractivity contribution in [3.8, 4) is 0 Å². The summed E-state index contributed by atoms with van der Waals surface area (Å²) in [4.78, 5) is 37.5. The highest BCUT2D eigenvalue weighted by atomic mass is 16.7. The van der Waals surface area contributed by atoms with Gasteiger partial charge in [-0.25, -0.2) is 0 Å². The fourth-order valence-corrected chi connectivity index (χ4v) is 8.37. The van der Waals surface area contributed by atoms with E-state index in [-0.39, 0.29) is 38.6 Å². The third-order valence-corrected chi connectivity index (χ3v) is 13.5. The first-order chi connectivity index (χ1) is 43.6. The number of quaternary nitrogens is 1. The van der Waals surface area contributed by atoms with Gasteiger partial charge in [0.15, 0.2) is 12.4 Å². The summed E-state index contributed by atoms with van der Waals surface area (Å²) in [6.07, 6.45) is 103. The van der Waals surface area contributed by atoms with E-state index in [1.165, 1.54) is 19.3 Å². The number of aliphatic carboxylic acids is 1. The molecule has 496 valence electrons. The number of rotatable bonds is 60. The van der Waals surface area contributed by atoms with Crippen molar-refractivity contribution < 1.29 is 42.9 Å². The van der Waals surface area contributed by atoms with Crippen molar-refractivity contribution in [1.29, 1.82) is 0 Å². The maximum Gasteiger partial charge on any atom is 0.306 e. The van der Waals surface area contributed by atoms with E-state index >= 15 is 0 Å². The number of esters is 2. The average Bonchev–Trinajstić information content (AvgIpc) is 3.64. The average molecular weight is 1230 g/mol. The van der Waals surface area contributed by atoms with Gasteiger partial charge in [0.05, 0.1) is 40.3 Å². The number of carboxylic acids is 1. The minimum atomic E-state index is -1.65. The molecule has 0 amide bonds. The number of allylic oxidation sites excluding steroid dienone is 34. The summed E-state index contributed by atoms with van der Waals surface area (Å²) >= 11 is 0. The highest BCUT2D eigenvalue weighted by molar-refractivity contribution is 5.70. The molecule has 0 saturated heterocycles. The number of likely N-dealkylation sites (N-methyl/N-ethyl adjacent to an activating group) is 1. The van der Waals surface area contributed by atoms with Gasteiger partial charge in [0.25, 0.3) is 0 Å². The number of nitrogens with zero attached hydrogens (tertiary/aromatic N) is 1. The zero-order valence-corrected chi connectivity index (χ0v) is 56.5. The monoisotopic (exact) mass is 1230 g/mol. The number of hydrogen-bond acceptors (Lipinski definition) is 8.